The highest BCUT2D eigenvalue weighted by atomic mass is 19.1. The van der Waals surface area contributed by atoms with Crippen LogP contribution in [0.2, 0.25) is 0 Å². The van der Waals surface area contributed by atoms with Gasteiger partial charge in [-0.05, 0) is 18.6 Å². The molecule has 3 aliphatic rings. The number of carbonyl (C=O) groups is 1. The lowest BCUT2D eigenvalue weighted by Crippen LogP contribution is -2.43. The second kappa shape index (κ2) is 8.09. The van der Waals surface area contributed by atoms with Gasteiger partial charge in [-0.1, -0.05) is 18.2 Å². The van der Waals surface area contributed by atoms with Crippen LogP contribution < -0.4 is 20.4 Å². The number of aromatic nitrogens is 1. The molecule has 1 saturated heterocycles. The van der Waals surface area contributed by atoms with E-state index in [1.165, 1.54) is 6.20 Å². The van der Waals surface area contributed by atoms with Gasteiger partial charge in [-0.15, -0.1) is 0 Å². The van der Waals surface area contributed by atoms with Gasteiger partial charge in [0.1, 0.15) is 24.0 Å². The molecule has 2 N–H and O–H groups in total. The molecule has 2 atom stereocenters. The van der Waals surface area contributed by atoms with Gasteiger partial charge in [0.15, 0.2) is 11.6 Å². The zero-order valence-electron chi connectivity index (χ0n) is 19.1. The number of pyridine rings is 1. The van der Waals surface area contributed by atoms with E-state index in [9.17, 15) is 14.7 Å². The minimum Gasteiger partial charge on any atom is -0.487 e. The molecule has 4 heterocycles. The van der Waals surface area contributed by atoms with Crippen molar-refractivity contribution in [2.24, 2.45) is 4.99 Å². The van der Waals surface area contributed by atoms with Gasteiger partial charge in [-0.25, -0.2) is 14.2 Å². The van der Waals surface area contributed by atoms with E-state index in [0.717, 1.165) is 23.7 Å². The first kappa shape index (κ1) is 21.6. The Morgan fingerprint density at radius 3 is 2.94 bits per heavy atom. The van der Waals surface area contributed by atoms with E-state index in [0.29, 0.717) is 36.6 Å². The Labute approximate surface area is 200 Å². The average Bonchev–Trinajstić information content (AvgIpc) is 3.30. The molecule has 3 aromatic rings. The molecule has 0 amide bonds. The Morgan fingerprint density at radius 1 is 1.29 bits per heavy atom. The van der Waals surface area contributed by atoms with Crippen LogP contribution in [-0.4, -0.2) is 59.7 Å². The van der Waals surface area contributed by atoms with Crippen molar-refractivity contribution in [1.82, 2.24) is 14.8 Å². The van der Waals surface area contributed by atoms with Gasteiger partial charge in [0.2, 0.25) is 5.43 Å². The largest absolute Gasteiger partial charge is 0.487 e. The number of nitrogens with one attached hydrogen (secondary N) is 1. The normalized spacial score (nSPS) is 20.7. The molecule has 0 saturated carbocycles. The molecular formula is C25H24FN5O4. The molecule has 1 fully saturated rings. The second-order valence-electron chi connectivity index (χ2n) is 9.12. The standard InChI is InChI=1S/C25H24FN5O4/c1-29-13-27-19-5-3-2-4-15(19)24(29)28-14-6-7-30(11-14)21-18(26)10-16-20-23(21)35-9-8-31(20)12-17(22(16)32)25(33)34/h2-5,10,12-14,24,28H,6-9,11H2,1H3,(H,33,34). The summed E-state index contributed by atoms with van der Waals surface area (Å²) in [6.07, 6.45) is 3.88. The summed E-state index contributed by atoms with van der Waals surface area (Å²) in [6, 6.07) is 9.23. The Hall–Kier alpha value is -3.92. The Balaban J connectivity index is 1.33. The lowest BCUT2D eigenvalue weighted by Gasteiger charge is -2.34. The number of aromatic carboxylic acids is 1. The Morgan fingerprint density at radius 2 is 2.11 bits per heavy atom. The van der Waals surface area contributed by atoms with Gasteiger partial charge in [-0.3, -0.25) is 10.1 Å². The minimum atomic E-state index is -1.33. The molecule has 2 aromatic carbocycles. The fraction of sp³-hybridized carbons (Fsp3) is 0.320. The molecule has 1 aromatic heterocycles. The maximum atomic E-state index is 15.5. The van der Waals surface area contributed by atoms with Crippen molar-refractivity contribution < 1.29 is 19.0 Å². The van der Waals surface area contributed by atoms with Crippen molar-refractivity contribution >= 4 is 34.6 Å². The second-order valence-corrected chi connectivity index (χ2v) is 9.12. The van der Waals surface area contributed by atoms with E-state index in [-0.39, 0.29) is 29.8 Å². The number of aliphatic imine (C=N–C) groups is 1. The highest BCUT2D eigenvalue weighted by molar-refractivity contribution is 5.97. The summed E-state index contributed by atoms with van der Waals surface area (Å²) in [5.41, 5.74) is 1.69. The first-order valence-corrected chi connectivity index (χ1v) is 11.5. The zero-order valence-corrected chi connectivity index (χ0v) is 19.1. The molecule has 10 heteroatoms. The van der Waals surface area contributed by atoms with E-state index in [2.05, 4.69) is 16.4 Å². The number of para-hydroxylation sites is 1. The summed E-state index contributed by atoms with van der Waals surface area (Å²) >= 11 is 0. The minimum absolute atomic E-state index is 0.0226. The predicted octanol–water partition coefficient (Wildman–Crippen LogP) is 2.70. The topological polar surface area (TPSA) is 99.4 Å². The van der Waals surface area contributed by atoms with E-state index in [1.54, 1.807) is 10.9 Å². The van der Waals surface area contributed by atoms with E-state index < -0.39 is 17.2 Å². The molecule has 180 valence electrons. The summed E-state index contributed by atoms with van der Waals surface area (Å²) in [5.74, 6) is -1.62. The number of hydrogen-bond donors (Lipinski definition) is 2. The number of ether oxygens (including phenoxy) is 1. The third kappa shape index (κ3) is 3.44. The number of hydrogen-bond acceptors (Lipinski definition) is 7. The van der Waals surface area contributed by atoms with Crippen molar-refractivity contribution in [1.29, 1.82) is 0 Å². The average molecular weight is 477 g/mol. The van der Waals surface area contributed by atoms with Gasteiger partial charge < -0.3 is 24.2 Å². The summed E-state index contributed by atoms with van der Waals surface area (Å²) in [7, 11) is 1.97. The molecule has 9 nitrogen and oxygen atoms in total. The number of rotatable bonds is 4. The van der Waals surface area contributed by atoms with Crippen molar-refractivity contribution in [2.45, 2.75) is 25.2 Å². The smallest absolute Gasteiger partial charge is 0.341 e. The van der Waals surface area contributed by atoms with Crippen LogP contribution in [0.25, 0.3) is 10.9 Å². The van der Waals surface area contributed by atoms with Crippen LogP contribution in [0.5, 0.6) is 5.75 Å². The van der Waals surface area contributed by atoms with E-state index in [1.807, 2.05) is 35.0 Å². The van der Waals surface area contributed by atoms with Gasteiger partial charge in [0, 0.05) is 37.9 Å². The molecule has 0 bridgehead atoms. The fourth-order valence-electron chi connectivity index (χ4n) is 5.30. The molecular weight excluding hydrogens is 453 g/mol. The summed E-state index contributed by atoms with van der Waals surface area (Å²) < 4.78 is 23.0. The van der Waals surface area contributed by atoms with E-state index >= 15 is 4.39 Å². The van der Waals surface area contributed by atoms with Crippen LogP contribution >= 0.6 is 0 Å². The van der Waals surface area contributed by atoms with Crippen molar-refractivity contribution in [3.05, 3.63) is 63.7 Å². The number of anilines is 1. The van der Waals surface area contributed by atoms with Gasteiger partial charge in [-0.2, -0.15) is 0 Å². The molecule has 3 aliphatic heterocycles. The number of carboxylic acid groups (broad SMARTS) is 1. The highest BCUT2D eigenvalue weighted by Gasteiger charge is 2.33. The van der Waals surface area contributed by atoms with Gasteiger partial charge >= 0.3 is 5.97 Å². The molecule has 35 heavy (non-hydrogen) atoms. The van der Waals surface area contributed by atoms with Crippen molar-refractivity contribution in [3.63, 3.8) is 0 Å². The van der Waals surface area contributed by atoms with Gasteiger partial charge in [0.05, 0.1) is 29.5 Å². The Kier molecular flexibility index (Phi) is 4.99. The van der Waals surface area contributed by atoms with Gasteiger partial charge in [0.25, 0.3) is 0 Å². The number of nitrogens with zero attached hydrogens (tertiary/aromatic N) is 4. The third-order valence-corrected chi connectivity index (χ3v) is 6.97. The number of carboxylic acids is 1. The first-order chi connectivity index (χ1) is 16.9. The summed E-state index contributed by atoms with van der Waals surface area (Å²) in [6.45, 7) is 1.81. The molecule has 0 spiro atoms. The van der Waals surface area contributed by atoms with Crippen LogP contribution in [0.1, 0.15) is 28.5 Å². The molecule has 6 rings (SSSR count). The zero-order chi connectivity index (χ0) is 24.3. The fourth-order valence-corrected chi connectivity index (χ4v) is 5.30. The van der Waals surface area contributed by atoms with Crippen LogP contribution in [-0.2, 0) is 6.54 Å². The molecule has 0 aliphatic carbocycles. The monoisotopic (exact) mass is 477 g/mol. The quantitative estimate of drug-likeness (QED) is 0.596. The molecule has 2 unspecified atom stereocenters. The maximum Gasteiger partial charge on any atom is 0.341 e. The lowest BCUT2D eigenvalue weighted by atomic mass is 10.1. The Bertz CT molecular complexity index is 1450. The van der Waals surface area contributed by atoms with Crippen LogP contribution in [0.15, 0.2) is 46.3 Å². The molecule has 0 radical (unpaired) electrons. The third-order valence-electron chi connectivity index (χ3n) is 6.97. The maximum absolute atomic E-state index is 15.5. The van der Waals surface area contributed by atoms with E-state index in [4.69, 9.17) is 4.74 Å². The number of benzene rings is 2. The van der Waals surface area contributed by atoms with Crippen LogP contribution in [0, 0.1) is 5.82 Å². The predicted molar refractivity (Wildman–Crippen MR) is 129 cm³/mol. The van der Waals surface area contributed by atoms with Crippen molar-refractivity contribution in [2.75, 3.05) is 31.6 Å². The van der Waals surface area contributed by atoms with Crippen LogP contribution in [0.3, 0.4) is 0 Å². The summed E-state index contributed by atoms with van der Waals surface area (Å²) in [5, 5.41) is 13.1. The SMILES string of the molecule is CN1C=Nc2ccccc2C1NC1CCN(c2c(F)cc3c(=O)c(C(=O)O)cn4c3c2OCC4)C1. The number of fused-ring (bicyclic) bond motifs is 1. The lowest BCUT2D eigenvalue weighted by molar-refractivity contribution is 0.0694. The van der Waals surface area contributed by atoms with Crippen molar-refractivity contribution in [3.8, 4) is 5.75 Å². The van der Waals surface area contributed by atoms with Crippen LogP contribution in [0.4, 0.5) is 15.8 Å². The highest BCUT2D eigenvalue weighted by Crippen LogP contribution is 2.41. The first-order valence-electron chi connectivity index (χ1n) is 11.5. The number of halogens is 1. The summed E-state index contributed by atoms with van der Waals surface area (Å²) in [4.78, 5) is 32.7.